The molecule has 5 heteroatoms. The molecule has 21 heavy (non-hydrogen) atoms. The van der Waals surface area contributed by atoms with Crippen LogP contribution < -0.4 is 5.32 Å². The maximum atomic E-state index is 9.62. The second-order valence-corrected chi connectivity index (χ2v) is 5.77. The molecule has 2 rings (SSSR count). The molecule has 1 heterocycles. The first kappa shape index (κ1) is 15.5. The second kappa shape index (κ2) is 7.21. The molecule has 0 saturated carbocycles. The first-order valence-electron chi connectivity index (χ1n) is 6.78. The minimum Gasteiger partial charge on any atom is -0.299 e. The van der Waals surface area contributed by atoms with E-state index >= 15 is 0 Å². The molecule has 108 valence electrons. The Hall–Kier alpha value is -1.90. The van der Waals surface area contributed by atoms with E-state index in [9.17, 15) is 5.26 Å². The average molecular weight is 298 g/mol. The lowest BCUT2D eigenvalue weighted by Crippen LogP contribution is -2.39. The molecule has 0 spiro atoms. The maximum absolute atomic E-state index is 9.62. The Morgan fingerprint density at radius 2 is 2.05 bits per heavy atom. The number of rotatable bonds is 6. The van der Waals surface area contributed by atoms with Crippen LogP contribution >= 0.6 is 11.8 Å². The fraction of sp³-hybridized carbons (Fsp3) is 0.312. The van der Waals surface area contributed by atoms with Gasteiger partial charge in [0.25, 0.3) is 0 Å². The number of hydrogen-bond acceptors (Lipinski definition) is 5. The third kappa shape index (κ3) is 3.81. The second-order valence-electron chi connectivity index (χ2n) is 4.71. The summed E-state index contributed by atoms with van der Waals surface area (Å²) in [5.74, 6) is 0.771. The summed E-state index contributed by atoms with van der Waals surface area (Å²) in [7, 11) is 1.82. The molecule has 0 fully saturated rings. The van der Waals surface area contributed by atoms with Gasteiger partial charge in [0.15, 0.2) is 5.16 Å². The topological polar surface area (TPSA) is 61.6 Å². The third-order valence-electron chi connectivity index (χ3n) is 3.37. The van der Waals surface area contributed by atoms with Crippen LogP contribution in [0.3, 0.4) is 0 Å². The minimum absolute atomic E-state index is 0.669. The van der Waals surface area contributed by atoms with Crippen LogP contribution in [0.5, 0.6) is 0 Å². The number of nitrogens with one attached hydrogen (secondary N) is 1. The van der Waals surface area contributed by atoms with Crippen LogP contribution in [0.2, 0.25) is 0 Å². The van der Waals surface area contributed by atoms with E-state index < -0.39 is 5.54 Å². The SMILES string of the molecule is CNC(C#N)(CCSc1nccc(C)n1)c1ccccc1. The lowest BCUT2D eigenvalue weighted by atomic mass is 9.89. The van der Waals surface area contributed by atoms with Gasteiger partial charge in [0.1, 0.15) is 5.54 Å². The van der Waals surface area contributed by atoms with Gasteiger partial charge in [-0.2, -0.15) is 5.26 Å². The number of nitriles is 1. The zero-order valence-corrected chi connectivity index (χ0v) is 13.0. The van der Waals surface area contributed by atoms with E-state index in [-0.39, 0.29) is 0 Å². The molecule has 0 aliphatic rings. The Kier molecular flexibility index (Phi) is 5.32. The van der Waals surface area contributed by atoms with Crippen molar-refractivity contribution in [1.82, 2.24) is 15.3 Å². The molecule has 0 aliphatic carbocycles. The lowest BCUT2D eigenvalue weighted by molar-refractivity contribution is 0.456. The Bertz CT molecular complexity index is 624. The molecular formula is C16H18N4S. The number of nitrogens with zero attached hydrogens (tertiary/aromatic N) is 3. The lowest BCUT2D eigenvalue weighted by Gasteiger charge is -2.26. The van der Waals surface area contributed by atoms with E-state index in [2.05, 4.69) is 21.4 Å². The molecule has 1 unspecified atom stereocenters. The van der Waals surface area contributed by atoms with Crippen LogP contribution in [0.1, 0.15) is 17.7 Å². The van der Waals surface area contributed by atoms with Crippen molar-refractivity contribution in [2.45, 2.75) is 24.0 Å². The van der Waals surface area contributed by atoms with Crippen molar-refractivity contribution in [2.75, 3.05) is 12.8 Å². The molecule has 0 saturated heterocycles. The Labute approximate surface area is 129 Å². The molecule has 0 radical (unpaired) electrons. The zero-order chi connectivity index (χ0) is 15.1. The fourth-order valence-electron chi connectivity index (χ4n) is 2.10. The molecule has 0 amide bonds. The highest BCUT2D eigenvalue weighted by molar-refractivity contribution is 7.99. The molecule has 1 atom stereocenters. The van der Waals surface area contributed by atoms with E-state index in [1.54, 1.807) is 18.0 Å². The van der Waals surface area contributed by atoms with Crippen LogP contribution in [0.25, 0.3) is 0 Å². The maximum Gasteiger partial charge on any atom is 0.187 e. The molecular weight excluding hydrogens is 280 g/mol. The van der Waals surface area contributed by atoms with Crippen molar-refractivity contribution in [3.8, 4) is 6.07 Å². The number of thioether (sulfide) groups is 1. The van der Waals surface area contributed by atoms with Crippen molar-refractivity contribution >= 4 is 11.8 Å². The molecule has 0 bridgehead atoms. The van der Waals surface area contributed by atoms with Gasteiger partial charge in [0.05, 0.1) is 6.07 Å². The van der Waals surface area contributed by atoms with Crippen molar-refractivity contribution < 1.29 is 0 Å². The van der Waals surface area contributed by atoms with E-state index in [0.717, 1.165) is 22.2 Å². The van der Waals surface area contributed by atoms with Crippen LogP contribution in [0.4, 0.5) is 0 Å². The van der Waals surface area contributed by atoms with E-state index in [0.29, 0.717) is 6.42 Å². The summed E-state index contributed by atoms with van der Waals surface area (Å²) in [4.78, 5) is 8.60. The van der Waals surface area contributed by atoms with Crippen LogP contribution in [-0.2, 0) is 5.54 Å². The number of benzene rings is 1. The highest BCUT2D eigenvalue weighted by Gasteiger charge is 2.29. The summed E-state index contributed by atoms with van der Waals surface area (Å²) >= 11 is 1.57. The highest BCUT2D eigenvalue weighted by atomic mass is 32.2. The van der Waals surface area contributed by atoms with Crippen LogP contribution in [0.15, 0.2) is 47.8 Å². The van der Waals surface area contributed by atoms with Gasteiger partial charge < -0.3 is 0 Å². The summed E-state index contributed by atoms with van der Waals surface area (Å²) in [5, 5.41) is 13.5. The standard InChI is InChI=1S/C16H18N4S/c1-13-8-10-19-15(20-13)21-11-9-16(12-17,18-2)14-6-4-3-5-7-14/h3-8,10,18H,9,11H2,1-2H3. The Balaban J connectivity index is 2.06. The van der Waals surface area contributed by atoms with Gasteiger partial charge in [-0.1, -0.05) is 42.1 Å². The molecule has 0 aliphatic heterocycles. The summed E-state index contributed by atoms with van der Waals surface area (Å²) in [6.45, 7) is 1.95. The predicted molar refractivity (Wildman–Crippen MR) is 84.9 cm³/mol. The first-order valence-corrected chi connectivity index (χ1v) is 7.77. The largest absolute Gasteiger partial charge is 0.299 e. The number of aryl methyl sites for hydroxylation is 1. The molecule has 2 aromatic rings. The smallest absolute Gasteiger partial charge is 0.187 e. The third-order valence-corrected chi connectivity index (χ3v) is 4.23. The first-order chi connectivity index (χ1) is 10.2. The Morgan fingerprint density at radius 1 is 1.29 bits per heavy atom. The van der Waals surface area contributed by atoms with Gasteiger partial charge in [-0.15, -0.1) is 0 Å². The van der Waals surface area contributed by atoms with Crippen molar-refractivity contribution in [1.29, 1.82) is 5.26 Å². The normalized spacial score (nSPS) is 13.4. The number of aromatic nitrogens is 2. The Morgan fingerprint density at radius 3 is 2.67 bits per heavy atom. The fourth-order valence-corrected chi connectivity index (χ4v) is 3.04. The predicted octanol–water partition coefficient (Wildman–Crippen LogP) is 2.91. The summed E-state index contributed by atoms with van der Waals surface area (Å²) in [6, 6.07) is 14.1. The monoisotopic (exact) mass is 298 g/mol. The van der Waals surface area contributed by atoms with Gasteiger partial charge in [0, 0.05) is 17.6 Å². The van der Waals surface area contributed by atoms with Crippen molar-refractivity contribution in [3.63, 3.8) is 0 Å². The number of hydrogen-bond donors (Lipinski definition) is 1. The average Bonchev–Trinajstić information content (AvgIpc) is 2.53. The van der Waals surface area contributed by atoms with Gasteiger partial charge in [-0.3, -0.25) is 5.32 Å². The van der Waals surface area contributed by atoms with Gasteiger partial charge in [-0.25, -0.2) is 9.97 Å². The summed E-state index contributed by atoms with van der Waals surface area (Å²) < 4.78 is 0. The summed E-state index contributed by atoms with van der Waals surface area (Å²) in [5.41, 5.74) is 1.27. The van der Waals surface area contributed by atoms with Crippen LogP contribution in [-0.4, -0.2) is 22.8 Å². The van der Waals surface area contributed by atoms with E-state index in [4.69, 9.17) is 0 Å². The minimum atomic E-state index is -0.669. The van der Waals surface area contributed by atoms with Gasteiger partial charge in [0.2, 0.25) is 0 Å². The molecule has 1 aromatic heterocycles. The van der Waals surface area contributed by atoms with Crippen molar-refractivity contribution in [3.05, 3.63) is 53.9 Å². The molecule has 1 N–H and O–H groups in total. The van der Waals surface area contributed by atoms with E-state index in [1.807, 2.05) is 50.4 Å². The molecule has 4 nitrogen and oxygen atoms in total. The van der Waals surface area contributed by atoms with Crippen LogP contribution in [0, 0.1) is 18.3 Å². The van der Waals surface area contributed by atoms with Crippen molar-refractivity contribution in [2.24, 2.45) is 0 Å². The molecule has 1 aromatic carbocycles. The highest BCUT2D eigenvalue weighted by Crippen LogP contribution is 2.27. The van der Waals surface area contributed by atoms with Gasteiger partial charge >= 0.3 is 0 Å². The quantitative estimate of drug-likeness (QED) is 0.656. The van der Waals surface area contributed by atoms with Gasteiger partial charge in [-0.05, 0) is 32.0 Å². The van der Waals surface area contributed by atoms with E-state index in [1.165, 1.54) is 0 Å². The zero-order valence-electron chi connectivity index (χ0n) is 12.2. The summed E-state index contributed by atoms with van der Waals surface area (Å²) in [6.07, 6.45) is 2.45.